The Morgan fingerprint density at radius 1 is 0.358 bits per heavy atom. The molecule has 0 aliphatic carbocycles. The zero-order chi connectivity index (χ0) is 38.2. The highest BCUT2D eigenvalue weighted by molar-refractivity contribution is 5.69. The van der Waals surface area contributed by atoms with Crippen molar-refractivity contribution in [2.75, 3.05) is 13.2 Å². The van der Waals surface area contributed by atoms with Gasteiger partial charge in [0.05, 0.1) is 6.61 Å². The van der Waals surface area contributed by atoms with Gasteiger partial charge in [0.25, 0.3) is 0 Å². The van der Waals surface area contributed by atoms with Crippen molar-refractivity contribution in [3.63, 3.8) is 0 Å². The number of esters is 1. The van der Waals surface area contributed by atoms with Gasteiger partial charge in [-0.15, -0.1) is 0 Å². The van der Waals surface area contributed by atoms with Crippen LogP contribution in [0, 0.1) is 0 Å². The summed E-state index contributed by atoms with van der Waals surface area (Å²) < 4.78 is 5.49. The van der Waals surface area contributed by atoms with E-state index in [1.807, 2.05) is 0 Å². The third kappa shape index (κ3) is 49.2. The molecule has 0 amide bonds. The van der Waals surface area contributed by atoms with E-state index < -0.39 is 0 Å². The molecule has 0 heterocycles. The molecule has 0 radical (unpaired) electrons. The Balaban J connectivity index is 3.16. The first-order valence-electron chi connectivity index (χ1n) is 24.7. The highest BCUT2D eigenvalue weighted by Crippen LogP contribution is 2.17. The molecule has 0 bridgehead atoms. The fourth-order valence-corrected chi connectivity index (χ4v) is 7.76. The standard InChI is InChI=1S/C50H98O3/c1-2-3-4-5-6-7-8-9-10-11-12-17-20-23-26-29-32-35-38-41-44-47-50(52)53-49-46-43-40-37-34-31-28-25-22-19-16-14-13-15-18-21-24-27-30-33-36-39-42-45-48-51/h9-10,51H,2-8,11-49H2,1H3. The van der Waals surface area contributed by atoms with Gasteiger partial charge in [0.1, 0.15) is 0 Å². The Morgan fingerprint density at radius 2 is 0.623 bits per heavy atom. The Hall–Kier alpha value is -0.830. The number of rotatable bonds is 47. The van der Waals surface area contributed by atoms with Crippen molar-refractivity contribution in [2.24, 2.45) is 0 Å². The SMILES string of the molecule is CCCCCCCCC=CCCCCCCCCCCCCCC(=O)OCCCCCCCCCCCCCCCCCCCCCCCCCCO. The topological polar surface area (TPSA) is 46.5 Å². The van der Waals surface area contributed by atoms with E-state index in [1.54, 1.807) is 0 Å². The number of hydrogen-bond acceptors (Lipinski definition) is 3. The molecule has 53 heavy (non-hydrogen) atoms. The summed E-state index contributed by atoms with van der Waals surface area (Å²) >= 11 is 0. The molecule has 0 saturated heterocycles. The maximum absolute atomic E-state index is 12.0. The van der Waals surface area contributed by atoms with Crippen LogP contribution in [0.4, 0.5) is 0 Å². The van der Waals surface area contributed by atoms with Crippen molar-refractivity contribution in [1.29, 1.82) is 0 Å². The minimum absolute atomic E-state index is 0.0255. The minimum Gasteiger partial charge on any atom is -0.466 e. The van der Waals surface area contributed by atoms with Crippen LogP contribution in [-0.2, 0) is 9.53 Å². The van der Waals surface area contributed by atoms with E-state index >= 15 is 0 Å². The normalized spacial score (nSPS) is 11.7. The summed E-state index contributed by atoms with van der Waals surface area (Å²) in [4.78, 5) is 12.0. The lowest BCUT2D eigenvalue weighted by Crippen LogP contribution is -2.05. The van der Waals surface area contributed by atoms with Crippen LogP contribution in [0.15, 0.2) is 12.2 Å². The van der Waals surface area contributed by atoms with Crippen molar-refractivity contribution in [3.05, 3.63) is 12.2 Å². The summed E-state index contributed by atoms with van der Waals surface area (Å²) in [7, 11) is 0. The fourth-order valence-electron chi connectivity index (χ4n) is 7.76. The fraction of sp³-hybridized carbons (Fsp3) is 0.940. The summed E-state index contributed by atoms with van der Waals surface area (Å²) in [6.45, 7) is 3.28. The molecule has 0 unspecified atom stereocenters. The molecule has 316 valence electrons. The second-order valence-corrected chi connectivity index (χ2v) is 16.9. The van der Waals surface area contributed by atoms with Gasteiger partial charge in [-0.25, -0.2) is 0 Å². The number of carbonyl (C=O) groups excluding carboxylic acids is 1. The van der Waals surface area contributed by atoms with Crippen LogP contribution in [0.3, 0.4) is 0 Å². The van der Waals surface area contributed by atoms with E-state index in [1.165, 1.54) is 257 Å². The highest BCUT2D eigenvalue weighted by atomic mass is 16.5. The predicted octanol–water partition coefficient (Wildman–Crippen LogP) is 17.3. The number of aliphatic hydroxyl groups excluding tert-OH is 1. The van der Waals surface area contributed by atoms with Crippen molar-refractivity contribution in [3.8, 4) is 0 Å². The third-order valence-corrected chi connectivity index (χ3v) is 11.5. The Kier molecular flexibility index (Phi) is 48.4. The number of hydrogen-bond donors (Lipinski definition) is 1. The highest BCUT2D eigenvalue weighted by Gasteiger charge is 2.03. The second-order valence-electron chi connectivity index (χ2n) is 16.9. The maximum Gasteiger partial charge on any atom is 0.305 e. The lowest BCUT2D eigenvalue weighted by atomic mass is 10.0. The molecule has 3 nitrogen and oxygen atoms in total. The molecule has 3 heteroatoms. The molecular formula is C50H98O3. The van der Waals surface area contributed by atoms with Crippen LogP contribution in [0.25, 0.3) is 0 Å². The van der Waals surface area contributed by atoms with Gasteiger partial charge in [0.15, 0.2) is 0 Å². The monoisotopic (exact) mass is 747 g/mol. The van der Waals surface area contributed by atoms with E-state index in [0.717, 1.165) is 19.3 Å². The van der Waals surface area contributed by atoms with Crippen LogP contribution < -0.4 is 0 Å². The Labute approximate surface area is 334 Å². The van der Waals surface area contributed by atoms with Gasteiger partial charge in [-0.1, -0.05) is 250 Å². The molecule has 0 spiro atoms. The molecule has 1 N–H and O–H groups in total. The molecule has 0 aromatic heterocycles. The summed E-state index contributed by atoms with van der Waals surface area (Å²) in [6, 6.07) is 0. The van der Waals surface area contributed by atoms with Crippen molar-refractivity contribution in [2.45, 2.75) is 289 Å². The van der Waals surface area contributed by atoms with Gasteiger partial charge in [-0.2, -0.15) is 0 Å². The van der Waals surface area contributed by atoms with Crippen LogP contribution in [-0.4, -0.2) is 24.3 Å². The Bertz CT molecular complexity index is 688. The van der Waals surface area contributed by atoms with Gasteiger partial charge < -0.3 is 9.84 Å². The van der Waals surface area contributed by atoms with Gasteiger partial charge in [0.2, 0.25) is 0 Å². The molecule has 0 saturated carbocycles. The summed E-state index contributed by atoms with van der Waals surface area (Å²) in [5.74, 6) is 0.0255. The smallest absolute Gasteiger partial charge is 0.305 e. The van der Waals surface area contributed by atoms with Crippen LogP contribution in [0.2, 0.25) is 0 Å². The van der Waals surface area contributed by atoms with Gasteiger partial charge in [0, 0.05) is 13.0 Å². The maximum atomic E-state index is 12.0. The summed E-state index contributed by atoms with van der Waals surface area (Å²) in [5, 5.41) is 8.81. The molecule has 0 rings (SSSR count). The number of unbranched alkanes of at least 4 members (excludes halogenated alkanes) is 40. The first-order valence-corrected chi connectivity index (χ1v) is 24.7. The Morgan fingerprint density at radius 3 is 0.943 bits per heavy atom. The average molecular weight is 747 g/mol. The first-order chi connectivity index (χ1) is 26.3. The van der Waals surface area contributed by atoms with E-state index in [0.29, 0.717) is 19.6 Å². The lowest BCUT2D eigenvalue weighted by molar-refractivity contribution is -0.143. The van der Waals surface area contributed by atoms with Crippen LogP contribution >= 0.6 is 0 Å². The van der Waals surface area contributed by atoms with E-state index in [9.17, 15) is 4.79 Å². The molecule has 0 aromatic rings. The molecule has 0 fully saturated rings. The van der Waals surface area contributed by atoms with Gasteiger partial charge >= 0.3 is 5.97 Å². The molecule has 0 aromatic carbocycles. The van der Waals surface area contributed by atoms with E-state index in [2.05, 4.69) is 19.1 Å². The summed E-state index contributed by atoms with van der Waals surface area (Å²) in [6.07, 6.45) is 63.5. The molecule has 0 aliphatic heterocycles. The largest absolute Gasteiger partial charge is 0.466 e. The third-order valence-electron chi connectivity index (χ3n) is 11.5. The predicted molar refractivity (Wildman–Crippen MR) is 236 cm³/mol. The summed E-state index contributed by atoms with van der Waals surface area (Å²) in [5.41, 5.74) is 0. The van der Waals surface area contributed by atoms with Crippen molar-refractivity contribution >= 4 is 5.97 Å². The zero-order valence-corrected chi connectivity index (χ0v) is 36.4. The van der Waals surface area contributed by atoms with Crippen molar-refractivity contribution < 1.29 is 14.6 Å². The van der Waals surface area contributed by atoms with Crippen LogP contribution in [0.1, 0.15) is 289 Å². The van der Waals surface area contributed by atoms with Crippen LogP contribution in [0.5, 0.6) is 0 Å². The first kappa shape index (κ1) is 52.2. The van der Waals surface area contributed by atoms with Gasteiger partial charge in [-0.3, -0.25) is 4.79 Å². The number of allylic oxidation sites excluding steroid dienone is 2. The quantitative estimate of drug-likeness (QED) is 0.0383. The van der Waals surface area contributed by atoms with Gasteiger partial charge in [-0.05, 0) is 44.9 Å². The average Bonchev–Trinajstić information content (AvgIpc) is 3.16. The van der Waals surface area contributed by atoms with E-state index in [4.69, 9.17) is 9.84 Å². The molecular weight excluding hydrogens is 649 g/mol. The number of aliphatic hydroxyl groups is 1. The second kappa shape index (κ2) is 49.2. The molecule has 0 atom stereocenters. The molecule has 0 aliphatic rings. The number of carbonyl (C=O) groups is 1. The minimum atomic E-state index is 0.0255. The lowest BCUT2D eigenvalue weighted by Gasteiger charge is -2.06. The number of ether oxygens (including phenoxy) is 1. The zero-order valence-electron chi connectivity index (χ0n) is 36.4. The van der Waals surface area contributed by atoms with E-state index in [-0.39, 0.29) is 5.97 Å². The van der Waals surface area contributed by atoms with Crippen molar-refractivity contribution in [1.82, 2.24) is 0 Å².